The standard InChI is InChI=1S/C32H37FN7O7P/c1-6-32(33)26(41)24(46-30(32)40-17-35-25-27(39(5)21-14-15-21)36-31(34)37-28(25)40)16-44-48(43,38-19(4)29(42)45-18(2)3)47-23-13-9-11-20-10-7-8-12-22(20)23/h1,7-13,17-19,21,24,26,30,41H,14-16H2,2-5H3,(H,38,43)(H2,34,36,37)/t19-,24-,26-,30-,32-,48?/m1/s1. The molecule has 254 valence electrons. The second kappa shape index (κ2) is 12.9. The van der Waals surface area contributed by atoms with Gasteiger partial charge in [0, 0.05) is 18.5 Å². The van der Waals surface area contributed by atoms with Crippen molar-refractivity contribution in [1.29, 1.82) is 0 Å². The lowest BCUT2D eigenvalue weighted by molar-refractivity contribution is -0.149. The smallest absolute Gasteiger partial charge is 0.459 e. The second-order valence-electron chi connectivity index (χ2n) is 12.2. The molecular weight excluding hydrogens is 644 g/mol. The minimum Gasteiger partial charge on any atom is -0.462 e. The molecule has 2 aliphatic rings. The average molecular weight is 682 g/mol. The van der Waals surface area contributed by atoms with E-state index in [2.05, 4.69) is 20.0 Å². The van der Waals surface area contributed by atoms with Crippen LogP contribution in [0.15, 0.2) is 48.8 Å². The number of carbonyl (C=O) groups is 1. The van der Waals surface area contributed by atoms with E-state index < -0.39 is 56.6 Å². The van der Waals surface area contributed by atoms with Crippen LogP contribution in [0.1, 0.15) is 39.8 Å². The SMILES string of the molecule is C#C[C@@]1(F)[C@H](O)[C@@H](COP(=O)(N[C@H](C)C(=O)OC(C)C)Oc2cccc3ccccc23)O[C@H]1n1cnc2c(N(C)C3CC3)nc(N)nc21. The third-order valence-corrected chi connectivity index (χ3v) is 9.83. The summed E-state index contributed by atoms with van der Waals surface area (Å²) in [6.07, 6.45) is 3.42. The van der Waals surface area contributed by atoms with Gasteiger partial charge < -0.3 is 29.7 Å². The van der Waals surface area contributed by atoms with E-state index in [9.17, 15) is 14.5 Å². The van der Waals surface area contributed by atoms with Crippen LogP contribution in [0.2, 0.25) is 0 Å². The zero-order valence-electron chi connectivity index (χ0n) is 26.8. The maximum Gasteiger partial charge on any atom is 0.459 e. The minimum absolute atomic E-state index is 0.0712. The van der Waals surface area contributed by atoms with E-state index in [-0.39, 0.29) is 23.4 Å². The van der Waals surface area contributed by atoms with Gasteiger partial charge in [0.05, 0.1) is 19.0 Å². The first-order chi connectivity index (χ1) is 22.8. The first-order valence-electron chi connectivity index (χ1n) is 15.5. The van der Waals surface area contributed by atoms with Gasteiger partial charge in [-0.3, -0.25) is 13.9 Å². The Morgan fingerprint density at radius 2 is 2.00 bits per heavy atom. The van der Waals surface area contributed by atoms with E-state index in [0.717, 1.165) is 18.2 Å². The molecule has 1 aliphatic carbocycles. The van der Waals surface area contributed by atoms with Crippen LogP contribution in [0.3, 0.4) is 0 Å². The highest BCUT2D eigenvalue weighted by Crippen LogP contribution is 2.49. The number of esters is 1. The van der Waals surface area contributed by atoms with E-state index in [0.29, 0.717) is 16.7 Å². The van der Waals surface area contributed by atoms with Gasteiger partial charge in [-0.1, -0.05) is 42.3 Å². The van der Waals surface area contributed by atoms with Crippen molar-refractivity contribution in [3.8, 4) is 18.1 Å². The summed E-state index contributed by atoms with van der Waals surface area (Å²) in [5.74, 6) is 1.89. The number of fused-ring (bicyclic) bond motifs is 2. The summed E-state index contributed by atoms with van der Waals surface area (Å²) in [6, 6.07) is 11.5. The van der Waals surface area contributed by atoms with E-state index in [1.54, 1.807) is 38.1 Å². The lowest BCUT2D eigenvalue weighted by atomic mass is 9.97. The zero-order chi connectivity index (χ0) is 34.4. The van der Waals surface area contributed by atoms with Crippen molar-refractivity contribution in [2.75, 3.05) is 24.3 Å². The summed E-state index contributed by atoms with van der Waals surface area (Å²) in [5, 5.41) is 15.2. The number of hydrogen-bond acceptors (Lipinski definition) is 12. The van der Waals surface area contributed by atoms with Crippen molar-refractivity contribution in [3.63, 3.8) is 0 Å². The van der Waals surface area contributed by atoms with Crippen LogP contribution >= 0.6 is 7.75 Å². The molecule has 2 fully saturated rings. The van der Waals surface area contributed by atoms with Crippen LogP contribution in [0.5, 0.6) is 5.75 Å². The monoisotopic (exact) mass is 681 g/mol. The van der Waals surface area contributed by atoms with Gasteiger partial charge in [0.1, 0.15) is 24.0 Å². The Bertz CT molecular complexity index is 1930. The molecule has 6 atom stereocenters. The maximum absolute atomic E-state index is 16.5. The Hall–Kier alpha value is -4.32. The molecule has 2 aromatic carbocycles. The topological polar surface area (TPSA) is 176 Å². The molecular formula is C32H37FN7O7P. The van der Waals surface area contributed by atoms with E-state index in [1.807, 2.05) is 36.1 Å². The molecule has 3 heterocycles. The summed E-state index contributed by atoms with van der Waals surface area (Å²) in [6.45, 7) is 4.12. The summed E-state index contributed by atoms with van der Waals surface area (Å²) >= 11 is 0. The molecule has 16 heteroatoms. The number of nitrogens with zero attached hydrogens (tertiary/aromatic N) is 5. The molecule has 1 unspecified atom stereocenters. The first kappa shape index (κ1) is 33.6. The number of rotatable bonds is 12. The first-order valence-corrected chi connectivity index (χ1v) is 17.0. The quantitative estimate of drug-likeness (QED) is 0.112. The highest BCUT2D eigenvalue weighted by Gasteiger charge is 2.58. The number of nitrogens with one attached hydrogen (secondary N) is 1. The summed E-state index contributed by atoms with van der Waals surface area (Å²) in [5.41, 5.74) is 3.71. The van der Waals surface area contributed by atoms with Gasteiger partial charge in [-0.05, 0) is 45.1 Å². The molecule has 4 N–H and O–H groups in total. The molecule has 0 radical (unpaired) electrons. The minimum atomic E-state index is -4.45. The van der Waals surface area contributed by atoms with Crippen molar-refractivity contribution < 1.29 is 37.4 Å². The van der Waals surface area contributed by atoms with Gasteiger partial charge in [0.25, 0.3) is 0 Å². The van der Waals surface area contributed by atoms with Crippen LogP contribution in [0, 0.1) is 12.3 Å². The lowest BCUT2D eigenvalue weighted by Gasteiger charge is -2.25. The van der Waals surface area contributed by atoms with Crippen LogP contribution in [-0.2, 0) is 23.4 Å². The van der Waals surface area contributed by atoms with Gasteiger partial charge >= 0.3 is 13.7 Å². The number of terminal acetylenes is 1. The number of alkyl halides is 1. The van der Waals surface area contributed by atoms with Gasteiger partial charge in [-0.25, -0.2) is 13.9 Å². The van der Waals surface area contributed by atoms with Crippen molar-refractivity contribution in [1.82, 2.24) is 24.6 Å². The highest BCUT2D eigenvalue weighted by molar-refractivity contribution is 7.52. The Morgan fingerprint density at radius 3 is 2.71 bits per heavy atom. The molecule has 0 bridgehead atoms. The number of aromatic nitrogens is 4. The molecule has 4 aromatic rings. The van der Waals surface area contributed by atoms with Gasteiger partial charge in [0.15, 0.2) is 23.2 Å². The van der Waals surface area contributed by atoms with Crippen LogP contribution in [-0.4, -0.2) is 80.3 Å². The van der Waals surface area contributed by atoms with Gasteiger partial charge in [-0.15, -0.1) is 6.42 Å². The molecule has 14 nitrogen and oxygen atoms in total. The van der Waals surface area contributed by atoms with Crippen LogP contribution < -0.4 is 20.2 Å². The summed E-state index contributed by atoms with van der Waals surface area (Å²) in [4.78, 5) is 27.6. The number of nitrogen functional groups attached to an aromatic ring is 1. The third kappa shape index (κ3) is 6.42. The fraction of sp³-hybridized carbons (Fsp3) is 0.438. The van der Waals surface area contributed by atoms with E-state index in [1.165, 1.54) is 17.8 Å². The van der Waals surface area contributed by atoms with Gasteiger partial charge in [-0.2, -0.15) is 15.1 Å². The van der Waals surface area contributed by atoms with Crippen LogP contribution in [0.4, 0.5) is 16.2 Å². The Balaban J connectivity index is 1.29. The normalized spacial score (nSPS) is 24.3. The number of hydrogen-bond donors (Lipinski definition) is 3. The number of nitrogens with two attached hydrogens (primary N) is 1. The maximum atomic E-state index is 16.5. The molecule has 1 aliphatic heterocycles. The second-order valence-corrected chi connectivity index (χ2v) is 13.8. The van der Waals surface area contributed by atoms with Gasteiger partial charge in [0.2, 0.25) is 11.6 Å². The molecule has 1 saturated heterocycles. The molecule has 2 aromatic heterocycles. The highest BCUT2D eigenvalue weighted by atomic mass is 31.2. The Labute approximate surface area is 276 Å². The van der Waals surface area contributed by atoms with Crippen molar-refractivity contribution in [3.05, 3.63) is 48.8 Å². The molecule has 1 saturated carbocycles. The molecule has 6 rings (SSSR count). The predicted octanol–water partition coefficient (Wildman–Crippen LogP) is 3.89. The molecule has 0 spiro atoms. The van der Waals surface area contributed by atoms with E-state index >= 15 is 4.39 Å². The number of halogens is 1. The number of ether oxygens (including phenoxy) is 2. The van der Waals surface area contributed by atoms with Crippen molar-refractivity contribution in [2.24, 2.45) is 0 Å². The Kier molecular flexibility index (Phi) is 9.06. The number of aliphatic hydroxyl groups excluding tert-OH is 1. The average Bonchev–Trinajstić information content (AvgIpc) is 3.78. The Morgan fingerprint density at radius 1 is 1.27 bits per heavy atom. The lowest BCUT2D eigenvalue weighted by Crippen LogP contribution is -2.42. The fourth-order valence-electron chi connectivity index (χ4n) is 5.57. The number of imidazole rings is 1. The van der Waals surface area contributed by atoms with Crippen molar-refractivity contribution >= 4 is 47.4 Å². The van der Waals surface area contributed by atoms with E-state index in [4.69, 9.17) is 30.7 Å². The fourth-order valence-corrected chi connectivity index (χ4v) is 7.09. The molecule has 0 amide bonds. The number of carbonyl (C=O) groups excluding carboxylic acids is 1. The van der Waals surface area contributed by atoms with Crippen molar-refractivity contribution in [2.45, 2.75) is 75.9 Å². The number of anilines is 2. The largest absolute Gasteiger partial charge is 0.462 e. The van der Waals surface area contributed by atoms with Crippen LogP contribution in [0.25, 0.3) is 21.9 Å². The summed E-state index contributed by atoms with van der Waals surface area (Å²) in [7, 11) is -2.59. The zero-order valence-corrected chi connectivity index (χ0v) is 27.7. The number of aliphatic hydroxyl groups is 1. The number of benzene rings is 2. The molecule has 48 heavy (non-hydrogen) atoms. The third-order valence-electron chi connectivity index (χ3n) is 8.20. The predicted molar refractivity (Wildman–Crippen MR) is 176 cm³/mol. The summed E-state index contributed by atoms with van der Waals surface area (Å²) < 4.78 is 55.0.